The minimum Gasteiger partial charge on any atom is -0.453 e. The number of benzene rings is 15. The highest BCUT2D eigenvalue weighted by molar-refractivity contribution is 5.94. The summed E-state index contributed by atoms with van der Waals surface area (Å²) in [6, 6.07) is 132. The molecule has 0 aliphatic carbocycles. The van der Waals surface area contributed by atoms with Crippen molar-refractivity contribution < 1.29 is 4.74 Å². The predicted molar refractivity (Wildman–Crippen MR) is 473 cm³/mol. The topological polar surface area (TPSA) is 99.5 Å². The van der Waals surface area contributed by atoms with E-state index in [4.69, 9.17) is 34.6 Å². The number of nitrogens with zero attached hydrogens (tertiary/aromatic N) is 10. The van der Waals surface area contributed by atoms with E-state index in [-0.39, 0.29) is 16.2 Å². The third-order valence-corrected chi connectivity index (χ3v) is 23.4. The Labute approximate surface area is 676 Å². The van der Waals surface area contributed by atoms with E-state index in [0.29, 0.717) is 34.9 Å². The maximum absolute atomic E-state index is 6.34. The molecule has 0 saturated carbocycles. The molecular formula is C105H80N10O. The number of fused-ring (bicyclic) bond motifs is 8. The molecule has 0 amide bonds. The van der Waals surface area contributed by atoms with Gasteiger partial charge in [-0.2, -0.15) is 0 Å². The molecule has 15 aromatic carbocycles. The average molecular weight is 1500 g/mol. The summed E-state index contributed by atoms with van der Waals surface area (Å²) >= 11 is 0. The molecule has 0 N–H and O–H groups in total. The molecule has 6 heterocycles. The van der Waals surface area contributed by atoms with Crippen molar-refractivity contribution in [2.24, 2.45) is 0 Å². The molecule has 0 spiro atoms. The second-order valence-electron chi connectivity index (χ2n) is 31.5. The predicted octanol–water partition coefficient (Wildman–Crippen LogP) is 27.3. The number of para-hydroxylation sites is 8. The van der Waals surface area contributed by atoms with Gasteiger partial charge < -0.3 is 24.3 Å². The molecule has 4 aliphatic heterocycles. The van der Waals surface area contributed by atoms with Crippen LogP contribution in [-0.2, 0) is 16.2 Å². The normalized spacial score (nSPS) is 14.0. The van der Waals surface area contributed by atoms with Crippen molar-refractivity contribution in [3.05, 3.63) is 409 Å². The highest BCUT2D eigenvalue weighted by Gasteiger charge is 2.42. The van der Waals surface area contributed by atoms with Crippen LogP contribution in [0.25, 0.3) is 79.5 Å². The SMILES string of the molecule is CC1(C)c2ccccc2N(c2ccc(-c3nc(-c4ccccc4)nc(-c4ccccc4)n3)cc2)c2ccc(N3c4ccccc4Oc4ccccc43)cc21.CC1(C)c2ccccc2N(c2ccccc2)c2ccc(-c3ccc4c(c3)C(C)(C)c3ccccc3N4c3ccc(-c4nc(-c5ccccc5)nc(-c5ccccc5)n4)cc3)cc21. The maximum atomic E-state index is 6.34. The molecule has 11 heteroatoms. The summed E-state index contributed by atoms with van der Waals surface area (Å²) in [6.07, 6.45) is 0. The van der Waals surface area contributed by atoms with Crippen molar-refractivity contribution in [1.29, 1.82) is 0 Å². The lowest BCUT2D eigenvalue weighted by Gasteiger charge is -2.43. The summed E-state index contributed by atoms with van der Waals surface area (Å²) in [5.41, 5.74) is 28.5. The number of aromatic nitrogens is 6. The minimum atomic E-state index is -0.268. The Morgan fingerprint density at radius 1 is 0.181 bits per heavy atom. The van der Waals surface area contributed by atoms with Crippen molar-refractivity contribution in [1.82, 2.24) is 29.9 Å². The Hall–Kier alpha value is -14.7. The monoisotopic (exact) mass is 1500 g/mol. The van der Waals surface area contributed by atoms with Gasteiger partial charge in [-0.3, -0.25) is 0 Å². The molecule has 556 valence electrons. The Morgan fingerprint density at radius 2 is 0.405 bits per heavy atom. The van der Waals surface area contributed by atoms with Crippen molar-refractivity contribution >= 4 is 68.2 Å². The smallest absolute Gasteiger partial charge is 0.164 e. The summed E-state index contributed by atoms with van der Waals surface area (Å²) in [5, 5.41) is 0. The third-order valence-electron chi connectivity index (χ3n) is 23.4. The molecule has 0 atom stereocenters. The summed E-state index contributed by atoms with van der Waals surface area (Å²) in [7, 11) is 0. The van der Waals surface area contributed by atoms with E-state index in [9.17, 15) is 0 Å². The molecule has 0 unspecified atom stereocenters. The lowest BCUT2D eigenvalue weighted by molar-refractivity contribution is 0.477. The molecule has 17 aromatic rings. The van der Waals surface area contributed by atoms with Gasteiger partial charge in [0.2, 0.25) is 0 Å². The Kier molecular flexibility index (Phi) is 17.3. The zero-order valence-corrected chi connectivity index (χ0v) is 65.2. The quantitative estimate of drug-likeness (QED) is 0.124. The van der Waals surface area contributed by atoms with Crippen LogP contribution in [0, 0.1) is 0 Å². The van der Waals surface area contributed by atoms with E-state index in [0.717, 1.165) is 90.4 Å². The van der Waals surface area contributed by atoms with Crippen LogP contribution in [0.5, 0.6) is 11.5 Å². The summed E-state index contributed by atoms with van der Waals surface area (Å²) in [5.74, 6) is 5.53. The van der Waals surface area contributed by atoms with Gasteiger partial charge in [0.1, 0.15) is 0 Å². The van der Waals surface area contributed by atoms with Crippen LogP contribution in [0.4, 0.5) is 68.2 Å². The highest BCUT2D eigenvalue weighted by Crippen LogP contribution is 2.59. The van der Waals surface area contributed by atoms with Gasteiger partial charge in [-0.1, -0.05) is 272 Å². The first-order chi connectivity index (χ1) is 56.8. The zero-order valence-electron chi connectivity index (χ0n) is 65.2. The van der Waals surface area contributed by atoms with Gasteiger partial charge in [0, 0.05) is 72.4 Å². The molecule has 0 radical (unpaired) electrons. The summed E-state index contributed by atoms with van der Waals surface area (Å²) < 4.78 is 6.34. The zero-order chi connectivity index (χ0) is 78.2. The van der Waals surface area contributed by atoms with Crippen LogP contribution in [0.15, 0.2) is 376 Å². The minimum absolute atomic E-state index is 0.198. The Morgan fingerprint density at radius 3 is 0.741 bits per heavy atom. The number of ether oxygens (including phenoxy) is 1. The van der Waals surface area contributed by atoms with Crippen molar-refractivity contribution in [2.45, 2.75) is 57.8 Å². The summed E-state index contributed by atoms with van der Waals surface area (Å²) in [4.78, 5) is 39.2. The lowest BCUT2D eigenvalue weighted by atomic mass is 9.71. The van der Waals surface area contributed by atoms with Gasteiger partial charge in [-0.15, -0.1) is 0 Å². The second-order valence-corrected chi connectivity index (χ2v) is 31.5. The fourth-order valence-corrected chi connectivity index (χ4v) is 17.4. The molecule has 116 heavy (non-hydrogen) atoms. The van der Waals surface area contributed by atoms with Crippen LogP contribution < -0.4 is 24.3 Å². The van der Waals surface area contributed by atoms with Crippen molar-refractivity contribution in [2.75, 3.05) is 19.6 Å². The first kappa shape index (κ1) is 70.4. The van der Waals surface area contributed by atoms with E-state index in [1.54, 1.807) is 0 Å². The van der Waals surface area contributed by atoms with Gasteiger partial charge in [0.15, 0.2) is 46.4 Å². The van der Waals surface area contributed by atoms with Crippen LogP contribution in [-0.4, -0.2) is 29.9 Å². The van der Waals surface area contributed by atoms with Crippen LogP contribution in [0.2, 0.25) is 0 Å². The molecule has 4 aliphatic rings. The molecule has 2 aromatic heterocycles. The first-order valence-electron chi connectivity index (χ1n) is 39.6. The Bertz CT molecular complexity index is 6430. The van der Waals surface area contributed by atoms with Gasteiger partial charge in [-0.05, 0) is 190 Å². The third kappa shape index (κ3) is 12.3. The van der Waals surface area contributed by atoms with Gasteiger partial charge in [0.05, 0.1) is 45.5 Å². The van der Waals surface area contributed by atoms with E-state index < -0.39 is 0 Å². The van der Waals surface area contributed by atoms with E-state index in [1.807, 2.05) is 146 Å². The summed E-state index contributed by atoms with van der Waals surface area (Å²) in [6.45, 7) is 14.1. The molecule has 11 nitrogen and oxygen atoms in total. The van der Waals surface area contributed by atoms with Crippen molar-refractivity contribution in [3.63, 3.8) is 0 Å². The number of hydrogen-bond acceptors (Lipinski definition) is 11. The van der Waals surface area contributed by atoms with E-state index in [2.05, 4.69) is 292 Å². The van der Waals surface area contributed by atoms with Crippen LogP contribution >= 0.6 is 0 Å². The molecular weight excluding hydrogens is 1420 g/mol. The van der Waals surface area contributed by atoms with Gasteiger partial charge >= 0.3 is 0 Å². The first-order valence-corrected chi connectivity index (χ1v) is 39.6. The van der Waals surface area contributed by atoms with Crippen LogP contribution in [0.1, 0.15) is 74.9 Å². The fourth-order valence-electron chi connectivity index (χ4n) is 17.4. The maximum Gasteiger partial charge on any atom is 0.164 e. The van der Waals surface area contributed by atoms with Crippen molar-refractivity contribution in [3.8, 4) is 91.0 Å². The largest absolute Gasteiger partial charge is 0.453 e. The van der Waals surface area contributed by atoms with E-state index >= 15 is 0 Å². The standard InChI is InChI=1S/C57H45N5.C48H35N5O/c1-56(2)45-24-14-16-26-49(45)61(43-22-12-7-13-23-43)51-34-30-41(36-47(51)56)42-31-35-52-48(37-42)57(3,4)46-25-15-17-27-50(46)62(52)44-32-28-40(29-33-44)55-59-53(38-18-8-5-9-19-38)58-54(60-55)39-20-10-6-11-21-39;1-48(2)37-19-9-10-20-39(37)52(40-30-29-36(31-38(40)48)53-41-21-11-13-23-43(41)54-44-24-14-12-22-42(44)53)35-27-25-34(26-28-35)47-50-45(32-15-5-3-6-16-32)49-46(51-47)33-17-7-4-8-18-33/h5-37H,1-4H3;3-31H,1-2H3. The second kappa shape index (κ2) is 28.5. The average Bonchev–Trinajstić information content (AvgIpc) is 0.724. The van der Waals surface area contributed by atoms with E-state index in [1.165, 1.54) is 67.3 Å². The number of hydrogen-bond donors (Lipinski definition) is 0. The molecule has 0 fully saturated rings. The van der Waals surface area contributed by atoms with Gasteiger partial charge in [0.25, 0.3) is 0 Å². The highest BCUT2D eigenvalue weighted by atomic mass is 16.5. The van der Waals surface area contributed by atoms with Gasteiger partial charge in [-0.25, -0.2) is 29.9 Å². The fraction of sp³-hybridized carbons (Fsp3) is 0.0857. The van der Waals surface area contributed by atoms with Crippen LogP contribution in [0.3, 0.4) is 0 Å². The molecule has 21 rings (SSSR count). The lowest BCUT2D eigenvalue weighted by Crippen LogP contribution is -2.31. The molecule has 0 saturated heterocycles. The number of anilines is 12. The molecule has 0 bridgehead atoms. The Balaban J connectivity index is 0.000000151. The number of rotatable bonds is 11.